The molecule has 0 bridgehead atoms. The van der Waals surface area contributed by atoms with Crippen LogP contribution >= 0.6 is 0 Å². The van der Waals surface area contributed by atoms with Gasteiger partial charge >= 0.3 is 5.92 Å². The lowest BCUT2D eigenvalue weighted by atomic mass is 10.1. The van der Waals surface area contributed by atoms with Gasteiger partial charge in [0, 0.05) is 24.9 Å². The van der Waals surface area contributed by atoms with E-state index >= 15 is 0 Å². The Morgan fingerprint density at radius 2 is 2.04 bits per heavy atom. The highest BCUT2D eigenvalue weighted by Crippen LogP contribution is 2.39. The molecule has 9 heteroatoms. The summed E-state index contributed by atoms with van der Waals surface area (Å²) in [5.74, 6) is -3.57. The van der Waals surface area contributed by atoms with Gasteiger partial charge in [0.1, 0.15) is 11.5 Å². The molecule has 0 saturated heterocycles. The topological polar surface area (TPSA) is 85.6 Å². The minimum Gasteiger partial charge on any atom is -0.311 e. The van der Waals surface area contributed by atoms with Crippen molar-refractivity contribution < 1.29 is 13.6 Å². The van der Waals surface area contributed by atoms with Crippen molar-refractivity contribution in [3.63, 3.8) is 0 Å². The first-order valence-electron chi connectivity index (χ1n) is 8.62. The molecule has 140 valence electrons. The number of halogens is 2. The van der Waals surface area contributed by atoms with Crippen LogP contribution in [-0.2, 0) is 10.7 Å². The lowest BCUT2D eigenvalue weighted by Gasteiger charge is -2.10. The predicted octanol–water partition coefficient (Wildman–Crippen LogP) is 3.60. The van der Waals surface area contributed by atoms with Crippen molar-refractivity contribution in [1.29, 1.82) is 0 Å². The molecule has 1 amide bonds. The van der Waals surface area contributed by atoms with Crippen molar-refractivity contribution in [2.24, 2.45) is 0 Å². The van der Waals surface area contributed by atoms with Crippen LogP contribution in [0.2, 0.25) is 0 Å². The van der Waals surface area contributed by atoms with Crippen LogP contribution < -0.4 is 5.32 Å². The van der Waals surface area contributed by atoms with Gasteiger partial charge < -0.3 is 5.32 Å². The number of carbonyl (C=O) groups is 1. The number of aryl methyl sites for hydroxylation is 1. The van der Waals surface area contributed by atoms with Crippen LogP contribution in [0, 0.1) is 6.92 Å². The summed E-state index contributed by atoms with van der Waals surface area (Å²) >= 11 is 0. The number of fused-ring (bicyclic) bond motifs is 1. The van der Waals surface area contributed by atoms with Gasteiger partial charge in [-0.25, -0.2) is 15.0 Å². The van der Waals surface area contributed by atoms with Crippen molar-refractivity contribution in [3.8, 4) is 11.4 Å². The molecule has 27 heavy (non-hydrogen) atoms. The van der Waals surface area contributed by atoms with Crippen LogP contribution in [0.3, 0.4) is 0 Å². The van der Waals surface area contributed by atoms with Gasteiger partial charge in [-0.05, 0) is 31.9 Å². The number of nitrogens with one attached hydrogen (secondary N) is 1. The van der Waals surface area contributed by atoms with Gasteiger partial charge in [0.05, 0.1) is 23.4 Å². The Hall–Kier alpha value is -2.97. The zero-order valence-electron chi connectivity index (χ0n) is 15.1. The zero-order chi connectivity index (χ0) is 19.3. The number of pyridine rings is 1. The Bertz CT molecular complexity index is 1050. The molecule has 3 aromatic heterocycles. The normalized spacial score (nSPS) is 14.6. The fourth-order valence-corrected chi connectivity index (χ4v) is 2.96. The molecular formula is C18H18F2N6O. The van der Waals surface area contributed by atoms with E-state index in [1.807, 2.05) is 4.68 Å². The summed E-state index contributed by atoms with van der Waals surface area (Å²) in [6.07, 6.45) is 3.65. The first kappa shape index (κ1) is 17.4. The van der Waals surface area contributed by atoms with Crippen molar-refractivity contribution >= 4 is 22.6 Å². The van der Waals surface area contributed by atoms with E-state index in [1.54, 1.807) is 25.3 Å². The van der Waals surface area contributed by atoms with E-state index in [0.717, 1.165) is 25.3 Å². The number of hydrogen-bond acceptors (Lipinski definition) is 5. The van der Waals surface area contributed by atoms with Gasteiger partial charge in [0.25, 0.3) is 0 Å². The lowest BCUT2D eigenvalue weighted by molar-refractivity contribution is -0.114. The summed E-state index contributed by atoms with van der Waals surface area (Å²) in [4.78, 5) is 23.5. The van der Waals surface area contributed by atoms with E-state index in [0.29, 0.717) is 28.3 Å². The van der Waals surface area contributed by atoms with Gasteiger partial charge in [-0.1, -0.05) is 0 Å². The number of amides is 1. The Balaban J connectivity index is 1.93. The van der Waals surface area contributed by atoms with Gasteiger partial charge in [-0.2, -0.15) is 13.9 Å². The molecule has 4 rings (SSSR count). The second kappa shape index (κ2) is 6.04. The molecule has 0 atom stereocenters. The van der Waals surface area contributed by atoms with Crippen LogP contribution in [0.15, 0.2) is 18.3 Å². The standard InChI is InChI=1S/C18H18F2N6O/c1-9-6-13(24-17(22-9)18(3,19)20)16-12-7-15(23-10(2)27)21-8-14(12)26(25-16)11-4-5-11/h6-8,11H,4-5H2,1-3H3,(H,21,23,27). The van der Waals surface area contributed by atoms with E-state index in [9.17, 15) is 13.6 Å². The maximum Gasteiger partial charge on any atom is 0.303 e. The van der Waals surface area contributed by atoms with Gasteiger partial charge in [-0.15, -0.1) is 0 Å². The third-order valence-corrected chi connectivity index (χ3v) is 4.28. The number of carbonyl (C=O) groups excluding carboxylic acids is 1. The molecule has 3 aromatic rings. The molecule has 1 aliphatic rings. The predicted molar refractivity (Wildman–Crippen MR) is 95.4 cm³/mol. The third kappa shape index (κ3) is 3.36. The van der Waals surface area contributed by atoms with Crippen LogP contribution in [0.1, 0.15) is 44.2 Å². The highest BCUT2D eigenvalue weighted by molar-refractivity contribution is 5.96. The van der Waals surface area contributed by atoms with Gasteiger partial charge in [0.15, 0.2) is 5.82 Å². The molecule has 0 aromatic carbocycles. The lowest BCUT2D eigenvalue weighted by Crippen LogP contribution is -2.14. The summed E-state index contributed by atoms with van der Waals surface area (Å²) < 4.78 is 29.4. The van der Waals surface area contributed by atoms with Crippen LogP contribution in [0.4, 0.5) is 14.6 Å². The summed E-state index contributed by atoms with van der Waals surface area (Å²) in [6.45, 7) is 3.81. The van der Waals surface area contributed by atoms with E-state index in [2.05, 4.69) is 25.4 Å². The minimum atomic E-state index is -3.15. The Kier molecular flexibility index (Phi) is 3.90. The molecule has 0 aliphatic heterocycles. The molecule has 1 fully saturated rings. The maximum absolute atomic E-state index is 13.8. The smallest absolute Gasteiger partial charge is 0.303 e. The number of alkyl halides is 2. The second-order valence-electron chi connectivity index (χ2n) is 6.90. The molecule has 7 nitrogen and oxygen atoms in total. The van der Waals surface area contributed by atoms with E-state index in [-0.39, 0.29) is 11.9 Å². The average molecular weight is 372 g/mol. The maximum atomic E-state index is 13.8. The molecule has 0 unspecified atom stereocenters. The fourth-order valence-electron chi connectivity index (χ4n) is 2.96. The largest absolute Gasteiger partial charge is 0.311 e. The van der Waals surface area contributed by atoms with E-state index in [4.69, 9.17) is 0 Å². The van der Waals surface area contributed by atoms with E-state index < -0.39 is 11.7 Å². The van der Waals surface area contributed by atoms with Crippen molar-refractivity contribution in [2.45, 2.75) is 45.6 Å². The first-order chi connectivity index (χ1) is 12.7. The quantitative estimate of drug-likeness (QED) is 0.756. The number of hydrogen-bond donors (Lipinski definition) is 1. The first-order valence-corrected chi connectivity index (χ1v) is 8.62. The van der Waals surface area contributed by atoms with Gasteiger partial charge in [-0.3, -0.25) is 9.48 Å². The fraction of sp³-hybridized carbons (Fsp3) is 0.389. The van der Waals surface area contributed by atoms with Crippen molar-refractivity contribution in [1.82, 2.24) is 24.7 Å². The molecule has 0 radical (unpaired) electrons. The van der Waals surface area contributed by atoms with Gasteiger partial charge in [0.2, 0.25) is 5.91 Å². The number of nitrogens with zero attached hydrogens (tertiary/aromatic N) is 5. The summed E-state index contributed by atoms with van der Waals surface area (Å²) in [5, 5.41) is 7.97. The molecule has 1 saturated carbocycles. The number of anilines is 1. The Labute approximate surface area is 153 Å². The second-order valence-corrected chi connectivity index (χ2v) is 6.90. The van der Waals surface area contributed by atoms with E-state index in [1.165, 1.54) is 6.92 Å². The van der Waals surface area contributed by atoms with Crippen LogP contribution in [-0.4, -0.2) is 30.6 Å². The minimum absolute atomic E-state index is 0.247. The summed E-state index contributed by atoms with van der Waals surface area (Å²) in [5.41, 5.74) is 2.01. The van der Waals surface area contributed by atoms with Crippen molar-refractivity contribution in [3.05, 3.63) is 29.8 Å². The zero-order valence-corrected chi connectivity index (χ0v) is 15.1. The number of rotatable bonds is 4. The Morgan fingerprint density at radius 1 is 1.30 bits per heavy atom. The van der Waals surface area contributed by atoms with Crippen LogP contribution in [0.5, 0.6) is 0 Å². The number of aromatic nitrogens is 5. The molecular weight excluding hydrogens is 354 g/mol. The van der Waals surface area contributed by atoms with Crippen LogP contribution in [0.25, 0.3) is 22.3 Å². The monoisotopic (exact) mass is 372 g/mol. The highest BCUT2D eigenvalue weighted by Gasteiger charge is 2.31. The molecule has 1 aliphatic carbocycles. The third-order valence-electron chi connectivity index (χ3n) is 4.28. The Morgan fingerprint density at radius 3 is 2.67 bits per heavy atom. The average Bonchev–Trinajstić information content (AvgIpc) is 3.34. The molecule has 0 spiro atoms. The molecule has 1 N–H and O–H groups in total. The summed E-state index contributed by atoms with van der Waals surface area (Å²) in [6, 6.07) is 3.59. The van der Waals surface area contributed by atoms with Crippen molar-refractivity contribution in [2.75, 3.05) is 5.32 Å². The summed E-state index contributed by atoms with van der Waals surface area (Å²) in [7, 11) is 0. The highest BCUT2D eigenvalue weighted by atomic mass is 19.3. The molecule has 3 heterocycles. The SMILES string of the molecule is CC(=O)Nc1cc2c(-c3cc(C)nc(C(C)(F)F)n3)nn(C3CC3)c2cn1.